The summed E-state index contributed by atoms with van der Waals surface area (Å²) in [4.78, 5) is 27.9. The zero-order valence-corrected chi connectivity index (χ0v) is 9.29. The van der Waals surface area contributed by atoms with Crippen LogP contribution in [-0.4, -0.2) is 34.8 Å². The number of hydrogen-bond donors (Lipinski definition) is 4. The average molecular weight is 252 g/mol. The van der Waals surface area contributed by atoms with Crippen molar-refractivity contribution in [3.8, 4) is 0 Å². The van der Waals surface area contributed by atoms with Crippen molar-refractivity contribution in [2.24, 2.45) is 5.73 Å². The minimum Gasteiger partial charge on any atom is -0.394 e. The molecule has 0 aromatic heterocycles. The predicted molar refractivity (Wildman–Crippen MR) is 60.5 cm³/mol. The van der Waals surface area contributed by atoms with Gasteiger partial charge in [-0.15, -0.1) is 5.53 Å². The smallest absolute Gasteiger partial charge is 0.353 e. The molecule has 0 unspecified atom stereocenters. The van der Waals surface area contributed by atoms with Crippen molar-refractivity contribution in [2.45, 2.75) is 6.04 Å². The van der Waals surface area contributed by atoms with Crippen molar-refractivity contribution >= 4 is 17.6 Å². The van der Waals surface area contributed by atoms with Gasteiger partial charge in [-0.3, -0.25) is 4.79 Å². The van der Waals surface area contributed by atoms with Crippen LogP contribution in [0, 0.1) is 0 Å². The number of aliphatic hydroxyl groups excluding tert-OH is 1. The van der Waals surface area contributed by atoms with Crippen LogP contribution in [0.3, 0.4) is 0 Å². The van der Waals surface area contributed by atoms with Crippen LogP contribution in [0.25, 0.3) is 0 Å². The molecule has 0 spiro atoms. The molecule has 1 aromatic rings. The van der Waals surface area contributed by atoms with Gasteiger partial charge in [0, 0.05) is 0 Å². The van der Waals surface area contributed by atoms with E-state index in [-0.39, 0.29) is 0 Å². The Morgan fingerprint density at radius 3 is 2.94 bits per heavy atom. The molecule has 18 heavy (non-hydrogen) atoms. The van der Waals surface area contributed by atoms with E-state index in [0.29, 0.717) is 16.4 Å². The van der Waals surface area contributed by atoms with E-state index in [0.717, 1.165) is 0 Å². The van der Waals surface area contributed by atoms with Gasteiger partial charge in [0.1, 0.15) is 6.04 Å². The number of carbonyl (C=O) groups is 2. The van der Waals surface area contributed by atoms with Crippen LogP contribution in [0.2, 0.25) is 0 Å². The number of benzene rings is 1. The van der Waals surface area contributed by atoms with E-state index in [2.05, 4.69) is 11.0 Å². The lowest BCUT2D eigenvalue weighted by molar-refractivity contribution is -0.190. The normalized spacial score (nSPS) is 15.7. The minimum absolute atomic E-state index is 0.349. The van der Waals surface area contributed by atoms with E-state index < -0.39 is 24.5 Å². The Labute approximate surface area is 102 Å². The fourth-order valence-corrected chi connectivity index (χ4v) is 1.35. The van der Waals surface area contributed by atoms with Crippen molar-refractivity contribution in [1.82, 2.24) is 10.7 Å². The van der Waals surface area contributed by atoms with Gasteiger partial charge in [0.05, 0.1) is 17.9 Å². The lowest BCUT2D eigenvalue weighted by Crippen LogP contribution is -2.52. The van der Waals surface area contributed by atoms with E-state index in [9.17, 15) is 9.59 Å². The summed E-state index contributed by atoms with van der Waals surface area (Å²) in [6.07, 6.45) is 0. The van der Waals surface area contributed by atoms with Crippen LogP contribution in [0.4, 0.5) is 5.69 Å². The zero-order chi connectivity index (χ0) is 13.1. The molecule has 0 radical (unpaired) electrons. The summed E-state index contributed by atoms with van der Waals surface area (Å²) in [7, 11) is 0. The molecule has 1 heterocycles. The maximum absolute atomic E-state index is 11.9. The van der Waals surface area contributed by atoms with Crippen molar-refractivity contribution < 1.29 is 19.5 Å². The number of nitrogens with one attached hydrogen (secondary N) is 2. The van der Waals surface area contributed by atoms with Gasteiger partial charge in [-0.2, -0.15) is 0 Å². The molecule has 0 saturated heterocycles. The second kappa shape index (κ2) is 5.00. The first-order valence-electron chi connectivity index (χ1n) is 5.17. The molecule has 0 saturated carbocycles. The third-order valence-electron chi connectivity index (χ3n) is 2.31. The Bertz CT molecular complexity index is 479. The van der Waals surface area contributed by atoms with Crippen LogP contribution < -0.4 is 16.7 Å². The first-order chi connectivity index (χ1) is 8.63. The third kappa shape index (κ3) is 2.25. The standard InChI is InChI=1S/C10H12N4O4/c11-7(5-15)10(17)18-14-9(16)6-3-1-2-4-8(6)12-13-14/h1-4,7,12-13,15H,5,11H2/t7-/m0/s1. The highest BCUT2D eigenvalue weighted by Crippen LogP contribution is 2.19. The number of hydrogen-bond acceptors (Lipinski definition) is 7. The van der Waals surface area contributed by atoms with Gasteiger partial charge in [-0.25, -0.2) is 4.79 Å². The third-order valence-corrected chi connectivity index (χ3v) is 2.31. The molecule has 8 heteroatoms. The molecule has 5 N–H and O–H groups in total. The Balaban J connectivity index is 2.10. The number of nitrogens with zero attached hydrogens (tertiary/aromatic N) is 1. The highest BCUT2D eigenvalue weighted by Gasteiger charge is 2.28. The molecule has 0 aliphatic carbocycles. The maximum atomic E-state index is 11.9. The lowest BCUT2D eigenvalue weighted by atomic mass is 10.1. The van der Waals surface area contributed by atoms with Crippen LogP contribution >= 0.6 is 0 Å². The molecule has 1 atom stereocenters. The zero-order valence-electron chi connectivity index (χ0n) is 9.29. The SMILES string of the molecule is N[C@@H](CO)C(=O)ON1NNc2ccccc2C1=O. The van der Waals surface area contributed by atoms with Crippen molar-refractivity contribution in [2.75, 3.05) is 12.0 Å². The Hall–Kier alpha value is -2.16. The predicted octanol–water partition coefficient (Wildman–Crippen LogP) is -1.25. The number of hydroxylamine groups is 1. The molecule has 0 fully saturated rings. The van der Waals surface area contributed by atoms with E-state index in [1.807, 2.05) is 0 Å². The fraction of sp³-hybridized carbons (Fsp3) is 0.200. The summed E-state index contributed by atoms with van der Waals surface area (Å²) in [5.41, 5.74) is 11.3. The van der Waals surface area contributed by atoms with E-state index in [4.69, 9.17) is 15.7 Å². The van der Waals surface area contributed by atoms with Gasteiger partial charge in [0.25, 0.3) is 0 Å². The summed E-state index contributed by atoms with van der Waals surface area (Å²) in [5.74, 6) is -1.46. The number of anilines is 1. The largest absolute Gasteiger partial charge is 0.394 e. The lowest BCUT2D eigenvalue weighted by Gasteiger charge is -2.28. The number of para-hydroxylation sites is 1. The molecule has 8 nitrogen and oxygen atoms in total. The number of nitrogens with two attached hydrogens (primary N) is 1. The van der Waals surface area contributed by atoms with Gasteiger partial charge < -0.3 is 21.1 Å². The number of hydrazine groups is 2. The molecule has 1 aliphatic rings. The Kier molecular flexibility index (Phi) is 3.42. The summed E-state index contributed by atoms with van der Waals surface area (Å²) in [6.45, 7) is -0.565. The molecule has 1 aromatic carbocycles. The van der Waals surface area contributed by atoms with Crippen LogP contribution in [-0.2, 0) is 9.63 Å². The fourth-order valence-electron chi connectivity index (χ4n) is 1.35. The van der Waals surface area contributed by atoms with Crippen LogP contribution in [0.15, 0.2) is 24.3 Å². The van der Waals surface area contributed by atoms with E-state index >= 15 is 0 Å². The number of amides is 1. The first-order valence-corrected chi connectivity index (χ1v) is 5.17. The number of fused-ring (bicyclic) bond motifs is 1. The molecule has 2 rings (SSSR count). The highest BCUT2D eigenvalue weighted by molar-refractivity contribution is 6.00. The second-order valence-electron chi connectivity index (χ2n) is 3.58. The summed E-state index contributed by atoms with van der Waals surface area (Å²) in [6, 6.07) is 5.52. The number of carbonyl (C=O) groups excluding carboxylic acids is 2. The molecule has 96 valence electrons. The van der Waals surface area contributed by atoms with E-state index in [1.54, 1.807) is 24.3 Å². The average Bonchev–Trinajstić information content (AvgIpc) is 2.41. The molecule has 1 aliphatic heterocycles. The Morgan fingerprint density at radius 2 is 2.22 bits per heavy atom. The molecular weight excluding hydrogens is 240 g/mol. The quantitative estimate of drug-likeness (QED) is 0.531. The van der Waals surface area contributed by atoms with Crippen LogP contribution in [0.1, 0.15) is 10.4 Å². The summed E-state index contributed by atoms with van der Waals surface area (Å²) >= 11 is 0. The second-order valence-corrected chi connectivity index (χ2v) is 3.58. The maximum Gasteiger partial charge on any atom is 0.353 e. The van der Waals surface area contributed by atoms with Gasteiger partial charge in [-0.05, 0) is 12.1 Å². The summed E-state index contributed by atoms with van der Waals surface area (Å²) in [5, 5.41) is 9.32. The van der Waals surface area contributed by atoms with Crippen molar-refractivity contribution in [3.63, 3.8) is 0 Å². The van der Waals surface area contributed by atoms with Crippen LogP contribution in [0.5, 0.6) is 0 Å². The van der Waals surface area contributed by atoms with Crippen molar-refractivity contribution in [1.29, 1.82) is 0 Å². The van der Waals surface area contributed by atoms with E-state index in [1.165, 1.54) is 0 Å². The topological polar surface area (TPSA) is 117 Å². The number of rotatable bonds is 3. The van der Waals surface area contributed by atoms with Gasteiger partial charge >= 0.3 is 11.9 Å². The van der Waals surface area contributed by atoms with Gasteiger partial charge in [0.2, 0.25) is 0 Å². The summed E-state index contributed by atoms with van der Waals surface area (Å²) < 4.78 is 0. The monoisotopic (exact) mass is 252 g/mol. The molecule has 0 bridgehead atoms. The molecule has 1 amide bonds. The molecular formula is C10H12N4O4. The first kappa shape index (κ1) is 12.3. The Morgan fingerprint density at radius 1 is 1.50 bits per heavy atom. The van der Waals surface area contributed by atoms with Crippen molar-refractivity contribution in [3.05, 3.63) is 29.8 Å². The van der Waals surface area contributed by atoms with Gasteiger partial charge in [-0.1, -0.05) is 17.3 Å². The highest BCUT2D eigenvalue weighted by atomic mass is 16.8. The minimum atomic E-state index is -1.20. The van der Waals surface area contributed by atoms with Gasteiger partial charge in [0.15, 0.2) is 0 Å². The number of aliphatic hydroxyl groups is 1.